The molecule has 0 saturated heterocycles. The van der Waals surface area contributed by atoms with Crippen LogP contribution >= 0.6 is 0 Å². The van der Waals surface area contributed by atoms with Crippen molar-refractivity contribution in [2.24, 2.45) is 0 Å². The largest absolute Gasteiger partial charge is 0.496 e. The molecule has 0 radical (unpaired) electrons. The van der Waals surface area contributed by atoms with E-state index in [-0.39, 0.29) is 5.63 Å². The van der Waals surface area contributed by atoms with E-state index in [1.807, 2.05) is 24.3 Å². The van der Waals surface area contributed by atoms with Crippen LogP contribution in [0.4, 0.5) is 0 Å². The predicted octanol–water partition coefficient (Wildman–Crippen LogP) is 3.74. The molecule has 4 nitrogen and oxygen atoms in total. The molecule has 0 N–H and O–H groups in total. The molecule has 0 fully saturated rings. The third-order valence-corrected chi connectivity index (χ3v) is 4.48. The Bertz CT molecular complexity index is 929. The van der Waals surface area contributed by atoms with Gasteiger partial charge in [0, 0.05) is 28.8 Å². The Hall–Kier alpha value is -2.62. The number of methoxy groups -OCH3 is 1. The fourth-order valence-electron chi connectivity index (χ4n) is 3.36. The van der Waals surface area contributed by atoms with Crippen LogP contribution in [0.2, 0.25) is 0 Å². The van der Waals surface area contributed by atoms with Crippen molar-refractivity contribution in [1.29, 1.82) is 0 Å². The normalized spacial score (nSPS) is 13.8. The van der Waals surface area contributed by atoms with Crippen molar-refractivity contribution >= 4 is 11.0 Å². The Morgan fingerprint density at radius 2 is 1.96 bits per heavy atom. The number of fused-ring (bicyclic) bond motifs is 3. The number of benzene rings is 1. The van der Waals surface area contributed by atoms with Gasteiger partial charge in [0.15, 0.2) is 0 Å². The third-order valence-electron chi connectivity index (χ3n) is 4.48. The first-order chi connectivity index (χ1) is 11.3. The maximum absolute atomic E-state index is 12.2. The molecule has 0 atom stereocenters. The molecule has 0 bridgehead atoms. The molecule has 2 heterocycles. The van der Waals surface area contributed by atoms with Crippen LogP contribution in [0, 0.1) is 0 Å². The lowest BCUT2D eigenvalue weighted by Gasteiger charge is -2.17. The van der Waals surface area contributed by atoms with Gasteiger partial charge in [0.25, 0.3) is 0 Å². The summed E-state index contributed by atoms with van der Waals surface area (Å²) in [5.41, 5.74) is 4.11. The predicted molar refractivity (Wildman–Crippen MR) is 88.9 cm³/mol. The fourth-order valence-corrected chi connectivity index (χ4v) is 3.36. The van der Waals surface area contributed by atoms with Crippen LogP contribution in [0.3, 0.4) is 0 Å². The summed E-state index contributed by atoms with van der Waals surface area (Å²) in [6.07, 6.45) is 5.65. The summed E-state index contributed by atoms with van der Waals surface area (Å²) in [5.74, 6) is 0.662. The van der Waals surface area contributed by atoms with Gasteiger partial charge in [-0.05, 0) is 49.4 Å². The van der Waals surface area contributed by atoms with Crippen molar-refractivity contribution < 1.29 is 9.15 Å². The van der Waals surface area contributed by atoms with Crippen LogP contribution < -0.4 is 10.4 Å². The van der Waals surface area contributed by atoms with Gasteiger partial charge in [-0.2, -0.15) is 0 Å². The molecular weight excluding hydrogens is 290 g/mol. The van der Waals surface area contributed by atoms with Crippen LogP contribution in [-0.4, -0.2) is 12.1 Å². The first kappa shape index (κ1) is 14.0. The van der Waals surface area contributed by atoms with Crippen LogP contribution in [0.5, 0.6) is 5.75 Å². The zero-order chi connectivity index (χ0) is 15.8. The van der Waals surface area contributed by atoms with Crippen LogP contribution in [0.15, 0.2) is 45.7 Å². The van der Waals surface area contributed by atoms with Gasteiger partial charge < -0.3 is 9.15 Å². The Morgan fingerprint density at radius 3 is 2.70 bits per heavy atom. The van der Waals surface area contributed by atoms with Crippen LogP contribution in [0.25, 0.3) is 22.2 Å². The molecule has 4 rings (SSSR count). The fraction of sp³-hybridized carbons (Fsp3) is 0.263. The van der Waals surface area contributed by atoms with E-state index in [9.17, 15) is 4.79 Å². The van der Waals surface area contributed by atoms with E-state index in [4.69, 9.17) is 9.15 Å². The van der Waals surface area contributed by atoms with Gasteiger partial charge in [0.2, 0.25) is 0 Å². The maximum Gasteiger partial charge on any atom is 0.339 e. The Kier molecular flexibility index (Phi) is 3.37. The van der Waals surface area contributed by atoms with E-state index in [1.165, 1.54) is 0 Å². The van der Waals surface area contributed by atoms with E-state index in [0.29, 0.717) is 11.3 Å². The highest BCUT2D eigenvalue weighted by Gasteiger charge is 2.20. The zero-order valence-electron chi connectivity index (χ0n) is 13.0. The van der Waals surface area contributed by atoms with Crippen molar-refractivity contribution in [3.05, 3.63) is 58.1 Å². The molecule has 4 heteroatoms. The molecule has 1 aliphatic rings. The number of nitrogens with zero attached hydrogens (tertiary/aromatic N) is 1. The van der Waals surface area contributed by atoms with E-state index < -0.39 is 0 Å². The minimum absolute atomic E-state index is 0.208. The summed E-state index contributed by atoms with van der Waals surface area (Å²) in [6.45, 7) is 0. The molecule has 0 aliphatic heterocycles. The minimum Gasteiger partial charge on any atom is -0.496 e. The number of hydrogen-bond acceptors (Lipinski definition) is 4. The number of aryl methyl sites for hydroxylation is 1. The summed E-state index contributed by atoms with van der Waals surface area (Å²) in [7, 11) is 1.62. The molecule has 0 amide bonds. The summed E-state index contributed by atoms with van der Waals surface area (Å²) in [6, 6.07) is 9.64. The van der Waals surface area contributed by atoms with Crippen molar-refractivity contribution in [3.8, 4) is 17.0 Å². The average molecular weight is 307 g/mol. The summed E-state index contributed by atoms with van der Waals surface area (Å²) in [5, 5.41) is 1.00. The van der Waals surface area contributed by atoms with Crippen molar-refractivity contribution in [2.75, 3.05) is 7.11 Å². The first-order valence-corrected chi connectivity index (χ1v) is 7.86. The van der Waals surface area contributed by atoms with E-state index in [1.54, 1.807) is 19.4 Å². The average Bonchev–Trinajstić information content (AvgIpc) is 2.62. The minimum atomic E-state index is -0.208. The zero-order valence-corrected chi connectivity index (χ0v) is 13.0. The smallest absolute Gasteiger partial charge is 0.339 e. The third kappa shape index (κ3) is 2.31. The quantitative estimate of drug-likeness (QED) is 0.677. The molecule has 23 heavy (non-hydrogen) atoms. The number of rotatable bonds is 2. The summed E-state index contributed by atoms with van der Waals surface area (Å²) < 4.78 is 11.0. The Balaban J connectivity index is 2.05. The van der Waals surface area contributed by atoms with Gasteiger partial charge in [-0.1, -0.05) is 6.07 Å². The van der Waals surface area contributed by atoms with Crippen LogP contribution in [0.1, 0.15) is 24.0 Å². The highest BCUT2D eigenvalue weighted by molar-refractivity contribution is 5.89. The highest BCUT2D eigenvalue weighted by atomic mass is 16.5. The first-order valence-electron chi connectivity index (χ1n) is 7.86. The molecule has 0 unspecified atom stereocenters. The number of ether oxygens (including phenoxy) is 1. The van der Waals surface area contributed by atoms with Crippen molar-refractivity contribution in [2.45, 2.75) is 25.7 Å². The lowest BCUT2D eigenvalue weighted by atomic mass is 9.90. The van der Waals surface area contributed by atoms with Gasteiger partial charge in [-0.15, -0.1) is 0 Å². The molecule has 1 aliphatic carbocycles. The molecule has 116 valence electrons. The SMILES string of the molecule is COc1cc2oc(=O)c3c(c2cc1-c1ccccn1)CCCC3. The Morgan fingerprint density at radius 1 is 1.13 bits per heavy atom. The highest BCUT2D eigenvalue weighted by Crippen LogP contribution is 2.36. The van der Waals surface area contributed by atoms with E-state index in [0.717, 1.165) is 53.5 Å². The lowest BCUT2D eigenvalue weighted by Crippen LogP contribution is -2.15. The monoisotopic (exact) mass is 307 g/mol. The summed E-state index contributed by atoms with van der Waals surface area (Å²) >= 11 is 0. The van der Waals surface area contributed by atoms with Gasteiger partial charge >= 0.3 is 5.63 Å². The molecule has 0 spiro atoms. The second-order valence-electron chi connectivity index (χ2n) is 5.82. The van der Waals surface area contributed by atoms with Gasteiger partial charge in [0.05, 0.1) is 12.8 Å². The Labute approximate surface area is 133 Å². The van der Waals surface area contributed by atoms with Gasteiger partial charge in [-0.3, -0.25) is 4.98 Å². The summed E-state index contributed by atoms with van der Waals surface area (Å²) in [4.78, 5) is 16.6. The molecule has 2 aromatic heterocycles. The lowest BCUT2D eigenvalue weighted by molar-refractivity contribution is 0.415. The van der Waals surface area contributed by atoms with E-state index >= 15 is 0 Å². The van der Waals surface area contributed by atoms with Gasteiger partial charge in [0.1, 0.15) is 11.3 Å². The number of aromatic nitrogens is 1. The molecule has 1 aromatic carbocycles. The molecule has 3 aromatic rings. The second kappa shape index (κ2) is 5.54. The van der Waals surface area contributed by atoms with Gasteiger partial charge in [-0.25, -0.2) is 4.79 Å². The second-order valence-corrected chi connectivity index (χ2v) is 5.82. The van der Waals surface area contributed by atoms with Crippen molar-refractivity contribution in [3.63, 3.8) is 0 Å². The topological polar surface area (TPSA) is 52.3 Å². The number of pyridine rings is 1. The molecular formula is C19H17NO3. The number of hydrogen-bond donors (Lipinski definition) is 0. The molecule has 0 saturated carbocycles. The van der Waals surface area contributed by atoms with Crippen LogP contribution in [-0.2, 0) is 12.8 Å². The maximum atomic E-state index is 12.2. The standard InChI is InChI=1S/C19H17NO3/c1-22-17-11-18-14(10-15(17)16-8-4-5-9-20-16)12-6-2-3-7-13(12)19(21)23-18/h4-5,8-11H,2-3,6-7H2,1H3. The van der Waals surface area contributed by atoms with E-state index in [2.05, 4.69) is 4.98 Å². The van der Waals surface area contributed by atoms with Crippen molar-refractivity contribution in [1.82, 2.24) is 4.98 Å².